The molecule has 0 saturated carbocycles. The Kier molecular flexibility index (Phi) is 4.80. The summed E-state index contributed by atoms with van der Waals surface area (Å²) in [6, 6.07) is 4.04. The van der Waals surface area contributed by atoms with Gasteiger partial charge in [-0.05, 0) is 41.1 Å². The lowest BCUT2D eigenvalue weighted by molar-refractivity contribution is 0.496. The maximum Gasteiger partial charge on any atom is 0.128 e. The summed E-state index contributed by atoms with van der Waals surface area (Å²) in [5, 5.41) is 4.79. The Hall–Kier alpha value is -0.950. The van der Waals surface area contributed by atoms with Crippen LogP contribution in [0.4, 0.5) is 4.39 Å². The summed E-state index contributed by atoms with van der Waals surface area (Å²) in [5.41, 5.74) is 4.89. The van der Waals surface area contributed by atoms with Crippen LogP contribution < -0.4 is 11.3 Å². The number of halogens is 3. The molecule has 1 aromatic carbocycles. The Labute approximate surface area is 130 Å². The van der Waals surface area contributed by atoms with Gasteiger partial charge in [-0.25, -0.2) is 4.39 Å². The predicted molar refractivity (Wildman–Crippen MR) is 80.8 cm³/mol. The third-order valence-corrected chi connectivity index (χ3v) is 4.46. The van der Waals surface area contributed by atoms with E-state index in [1.807, 2.05) is 14.0 Å². The van der Waals surface area contributed by atoms with E-state index in [4.69, 9.17) is 17.4 Å². The fourth-order valence-electron chi connectivity index (χ4n) is 2.14. The molecule has 108 valence electrons. The minimum atomic E-state index is -0.389. The van der Waals surface area contributed by atoms with E-state index >= 15 is 0 Å². The first-order valence-electron chi connectivity index (χ1n) is 6.03. The monoisotopic (exact) mass is 360 g/mol. The summed E-state index contributed by atoms with van der Waals surface area (Å²) in [6.07, 6.45) is 0.492. The minimum absolute atomic E-state index is 0.340. The Morgan fingerprint density at radius 2 is 2.25 bits per heavy atom. The van der Waals surface area contributed by atoms with Crippen LogP contribution in [0, 0.1) is 12.7 Å². The Balaban J connectivity index is 2.36. The number of aromatic nitrogens is 2. The van der Waals surface area contributed by atoms with Crippen LogP contribution in [0.3, 0.4) is 0 Å². The van der Waals surface area contributed by atoms with Crippen LogP contribution in [-0.2, 0) is 13.5 Å². The lowest BCUT2D eigenvalue weighted by atomic mass is 10.0. The summed E-state index contributed by atoms with van der Waals surface area (Å²) in [5.74, 6) is 5.23. The molecule has 0 aliphatic carbocycles. The Morgan fingerprint density at radius 1 is 1.55 bits per heavy atom. The molecule has 0 radical (unpaired) electrons. The van der Waals surface area contributed by atoms with Gasteiger partial charge in [-0.3, -0.25) is 16.0 Å². The Morgan fingerprint density at radius 3 is 2.80 bits per heavy atom. The van der Waals surface area contributed by atoms with Gasteiger partial charge in [0.05, 0.1) is 21.9 Å². The molecule has 4 nitrogen and oxygen atoms in total. The van der Waals surface area contributed by atoms with Crippen molar-refractivity contribution in [2.24, 2.45) is 12.9 Å². The van der Waals surface area contributed by atoms with Crippen LogP contribution in [0.5, 0.6) is 0 Å². The molecule has 0 fully saturated rings. The molecule has 1 heterocycles. The van der Waals surface area contributed by atoms with Crippen molar-refractivity contribution in [2.45, 2.75) is 19.4 Å². The van der Waals surface area contributed by atoms with Crippen LogP contribution in [0.15, 0.2) is 22.7 Å². The highest BCUT2D eigenvalue weighted by molar-refractivity contribution is 9.10. The van der Waals surface area contributed by atoms with Crippen LogP contribution in [0.25, 0.3) is 0 Å². The molecule has 2 aromatic rings. The smallest absolute Gasteiger partial charge is 0.128 e. The van der Waals surface area contributed by atoms with E-state index in [1.54, 1.807) is 10.7 Å². The van der Waals surface area contributed by atoms with Crippen molar-refractivity contribution >= 4 is 27.5 Å². The van der Waals surface area contributed by atoms with E-state index in [-0.39, 0.29) is 11.9 Å². The maximum atomic E-state index is 13.9. The molecule has 0 saturated heterocycles. The summed E-state index contributed by atoms with van der Waals surface area (Å²) in [4.78, 5) is 0. The molecule has 0 bridgehead atoms. The van der Waals surface area contributed by atoms with Gasteiger partial charge < -0.3 is 0 Å². The lowest BCUT2D eigenvalue weighted by Crippen LogP contribution is -2.31. The van der Waals surface area contributed by atoms with Crippen molar-refractivity contribution < 1.29 is 4.39 Å². The van der Waals surface area contributed by atoms with Crippen LogP contribution >= 0.6 is 27.5 Å². The number of hydrogen-bond acceptors (Lipinski definition) is 3. The van der Waals surface area contributed by atoms with Crippen molar-refractivity contribution in [1.82, 2.24) is 15.2 Å². The number of hydrazine groups is 1. The van der Waals surface area contributed by atoms with Gasteiger partial charge in [0.15, 0.2) is 0 Å². The fraction of sp³-hybridized carbons (Fsp3) is 0.308. The average Bonchev–Trinajstić information content (AvgIpc) is 2.65. The van der Waals surface area contributed by atoms with Gasteiger partial charge in [-0.2, -0.15) is 5.10 Å². The van der Waals surface area contributed by atoms with E-state index in [9.17, 15) is 4.39 Å². The second-order valence-electron chi connectivity index (χ2n) is 4.56. The van der Waals surface area contributed by atoms with E-state index in [2.05, 4.69) is 26.5 Å². The van der Waals surface area contributed by atoms with Crippen molar-refractivity contribution in [1.29, 1.82) is 0 Å². The van der Waals surface area contributed by atoms with Crippen molar-refractivity contribution in [3.63, 3.8) is 0 Å². The van der Waals surface area contributed by atoms with Gasteiger partial charge in [0.1, 0.15) is 5.82 Å². The van der Waals surface area contributed by atoms with Crippen LogP contribution in [-0.4, -0.2) is 9.78 Å². The van der Waals surface area contributed by atoms with Gasteiger partial charge in [0.25, 0.3) is 0 Å². The maximum absolute atomic E-state index is 13.9. The Bertz CT molecular complexity index is 629. The summed E-state index contributed by atoms with van der Waals surface area (Å²) in [6.45, 7) is 1.90. The molecule has 3 N–H and O–H groups in total. The molecule has 1 aromatic heterocycles. The summed E-state index contributed by atoms with van der Waals surface area (Å²) in [7, 11) is 1.84. The second-order valence-corrected chi connectivity index (χ2v) is 5.79. The molecule has 0 aliphatic heterocycles. The van der Waals surface area contributed by atoms with E-state index in [0.29, 0.717) is 17.0 Å². The molecule has 1 atom stereocenters. The van der Waals surface area contributed by atoms with Crippen LogP contribution in [0.1, 0.15) is 23.0 Å². The molecule has 2 rings (SSSR count). The van der Waals surface area contributed by atoms with Gasteiger partial charge in [-0.15, -0.1) is 0 Å². The quantitative estimate of drug-likeness (QED) is 0.650. The number of aryl methyl sites for hydroxylation is 2. The van der Waals surface area contributed by atoms with Crippen LogP contribution in [0.2, 0.25) is 5.02 Å². The SMILES string of the molecule is Cc1nn(C)c(CC(NN)c2cc(Cl)ccc2F)c1Br. The highest BCUT2D eigenvalue weighted by Crippen LogP contribution is 2.28. The van der Waals surface area contributed by atoms with E-state index < -0.39 is 0 Å². The summed E-state index contributed by atoms with van der Waals surface area (Å²) < 4.78 is 16.6. The number of benzene rings is 1. The highest BCUT2D eigenvalue weighted by Gasteiger charge is 2.20. The molecule has 0 amide bonds. The largest absolute Gasteiger partial charge is 0.271 e. The number of nitrogens with zero attached hydrogens (tertiary/aromatic N) is 2. The standard InChI is InChI=1S/C13H15BrClFN4/c1-7-13(14)12(20(2)19-7)6-11(18-17)9-5-8(15)3-4-10(9)16/h3-5,11,18H,6,17H2,1-2H3. The van der Waals surface area contributed by atoms with Gasteiger partial charge >= 0.3 is 0 Å². The first-order valence-corrected chi connectivity index (χ1v) is 7.20. The van der Waals surface area contributed by atoms with Crippen molar-refractivity contribution in [3.05, 3.63) is 50.5 Å². The molecule has 1 unspecified atom stereocenters. The van der Waals surface area contributed by atoms with Crippen molar-refractivity contribution in [2.75, 3.05) is 0 Å². The van der Waals surface area contributed by atoms with E-state index in [1.165, 1.54) is 12.1 Å². The first kappa shape index (κ1) is 15.4. The zero-order valence-corrected chi connectivity index (χ0v) is 13.5. The number of hydrogen-bond donors (Lipinski definition) is 2. The third-order valence-electron chi connectivity index (χ3n) is 3.19. The lowest BCUT2D eigenvalue weighted by Gasteiger charge is -2.18. The third kappa shape index (κ3) is 3.03. The molecule has 7 heteroatoms. The molecule has 0 spiro atoms. The van der Waals surface area contributed by atoms with Gasteiger partial charge in [-0.1, -0.05) is 11.6 Å². The van der Waals surface area contributed by atoms with E-state index in [0.717, 1.165) is 15.9 Å². The average molecular weight is 362 g/mol. The zero-order chi connectivity index (χ0) is 14.9. The fourth-order valence-corrected chi connectivity index (χ4v) is 2.81. The topological polar surface area (TPSA) is 55.9 Å². The highest BCUT2D eigenvalue weighted by atomic mass is 79.9. The van der Waals surface area contributed by atoms with Crippen molar-refractivity contribution in [3.8, 4) is 0 Å². The molecule has 0 aliphatic rings. The second kappa shape index (κ2) is 6.22. The molecular weight excluding hydrogens is 347 g/mol. The minimum Gasteiger partial charge on any atom is -0.271 e. The first-order chi connectivity index (χ1) is 9.43. The summed E-state index contributed by atoms with van der Waals surface area (Å²) >= 11 is 9.42. The molecular formula is C13H15BrClFN4. The molecule has 20 heavy (non-hydrogen) atoms. The number of nitrogens with one attached hydrogen (secondary N) is 1. The normalized spacial score (nSPS) is 12.7. The van der Waals surface area contributed by atoms with Gasteiger partial charge in [0.2, 0.25) is 0 Å². The predicted octanol–water partition coefficient (Wildman–Crippen LogP) is 3.03. The number of nitrogens with two attached hydrogens (primary N) is 1. The van der Waals surface area contributed by atoms with Gasteiger partial charge in [0, 0.05) is 24.1 Å². The zero-order valence-electron chi connectivity index (χ0n) is 11.1. The number of rotatable bonds is 4.